The number of aliphatic imine (C=N–C) groups is 1. The third-order valence-corrected chi connectivity index (χ3v) is 6.70. The van der Waals surface area contributed by atoms with Crippen LogP contribution in [0.2, 0.25) is 5.02 Å². The van der Waals surface area contributed by atoms with E-state index in [9.17, 15) is 4.79 Å². The predicted octanol–water partition coefficient (Wildman–Crippen LogP) is 6.11. The van der Waals surface area contributed by atoms with E-state index < -0.39 is 5.91 Å². The molecule has 0 aromatic heterocycles. The van der Waals surface area contributed by atoms with Crippen LogP contribution in [-0.4, -0.2) is 42.1 Å². The van der Waals surface area contributed by atoms with Crippen molar-refractivity contribution in [2.24, 2.45) is 4.99 Å². The minimum Gasteiger partial charge on any atom is -0.493 e. The van der Waals surface area contributed by atoms with Crippen LogP contribution < -0.4 is 14.2 Å². The van der Waals surface area contributed by atoms with Gasteiger partial charge in [0.2, 0.25) is 0 Å². The smallest absolute Gasteiger partial charge is 0.283 e. The Kier molecular flexibility index (Phi) is 7.30. The van der Waals surface area contributed by atoms with Crippen molar-refractivity contribution in [2.45, 2.75) is 0 Å². The molecule has 0 saturated carbocycles. The highest BCUT2D eigenvalue weighted by Crippen LogP contribution is 2.39. The third-order valence-electron chi connectivity index (χ3n) is 5.59. The Labute approximate surface area is 223 Å². The maximum Gasteiger partial charge on any atom is 0.283 e. The van der Waals surface area contributed by atoms with Crippen molar-refractivity contribution in [3.05, 3.63) is 99.9 Å². The lowest BCUT2D eigenvalue weighted by atomic mass is 10.1. The van der Waals surface area contributed by atoms with E-state index in [0.29, 0.717) is 33.9 Å². The number of carbonyl (C=O) groups is 1. The number of nitrogens with one attached hydrogen (secondary N) is 1. The fourth-order valence-corrected chi connectivity index (χ4v) is 5.03. The zero-order valence-corrected chi connectivity index (χ0v) is 21.4. The van der Waals surface area contributed by atoms with Crippen LogP contribution >= 0.6 is 23.4 Å². The molecule has 0 bridgehead atoms. The van der Waals surface area contributed by atoms with Crippen LogP contribution in [0.25, 0.3) is 11.8 Å². The number of fused-ring (bicyclic) bond motifs is 1. The first-order valence-electron chi connectivity index (χ1n) is 11.4. The highest BCUT2D eigenvalue weighted by molar-refractivity contribution is 8.17. The lowest BCUT2D eigenvalue weighted by molar-refractivity contribution is -0.114. The molecule has 37 heavy (non-hydrogen) atoms. The summed E-state index contributed by atoms with van der Waals surface area (Å²) in [6, 6.07) is 22.5. The Hall–Kier alpha value is -4.01. The summed E-state index contributed by atoms with van der Waals surface area (Å²) in [4.78, 5) is 18.7. The second kappa shape index (κ2) is 10.9. The van der Waals surface area contributed by atoms with E-state index in [1.807, 2.05) is 66.1 Å². The van der Waals surface area contributed by atoms with Gasteiger partial charge in [0.1, 0.15) is 24.8 Å². The molecule has 1 amide bonds. The number of nitrogens with zero attached hydrogens (tertiary/aromatic N) is 2. The van der Waals surface area contributed by atoms with Crippen LogP contribution in [0.1, 0.15) is 11.1 Å². The number of carbonyl (C=O) groups excluding carboxylic acids is 1. The van der Waals surface area contributed by atoms with Gasteiger partial charge in [0.15, 0.2) is 16.7 Å². The Balaban J connectivity index is 1.35. The summed E-state index contributed by atoms with van der Waals surface area (Å²) >= 11 is 7.85. The van der Waals surface area contributed by atoms with Crippen LogP contribution in [0.5, 0.6) is 17.2 Å². The number of amides is 1. The molecule has 0 fully saturated rings. The fraction of sp³-hybridized carbons (Fsp3) is 0.107. The predicted molar refractivity (Wildman–Crippen MR) is 147 cm³/mol. The molecule has 2 heterocycles. The van der Waals surface area contributed by atoms with Crippen molar-refractivity contribution in [2.75, 3.05) is 20.3 Å². The lowest BCUT2D eigenvalue weighted by Crippen LogP contribution is -2.38. The first-order chi connectivity index (χ1) is 18.0. The average molecular weight is 532 g/mol. The zero-order valence-electron chi connectivity index (χ0n) is 19.8. The maximum absolute atomic E-state index is 12.8. The molecule has 0 atom stereocenters. The highest BCUT2D eigenvalue weighted by Gasteiger charge is 2.36. The summed E-state index contributed by atoms with van der Waals surface area (Å²) in [7, 11) is 1.51. The Morgan fingerprint density at radius 1 is 1.03 bits per heavy atom. The summed E-state index contributed by atoms with van der Waals surface area (Å²) in [5, 5.41) is 11.5. The summed E-state index contributed by atoms with van der Waals surface area (Å²) < 4.78 is 17.0. The molecule has 1 N–H and O–H groups in total. The number of benzene rings is 3. The first-order valence-corrected chi connectivity index (χ1v) is 12.6. The summed E-state index contributed by atoms with van der Waals surface area (Å²) in [6.07, 6.45) is 1.59. The number of rotatable bonds is 8. The molecule has 0 radical (unpaired) electrons. The topological polar surface area (TPSA) is 84.2 Å². The number of hydrogen-bond donors (Lipinski definition) is 1. The van der Waals surface area contributed by atoms with Gasteiger partial charge >= 0.3 is 0 Å². The Morgan fingerprint density at radius 3 is 2.46 bits per heavy atom. The van der Waals surface area contributed by atoms with Gasteiger partial charge in [-0.05, 0) is 41.5 Å². The summed E-state index contributed by atoms with van der Waals surface area (Å²) in [5.74, 6) is 1.08. The number of thioether (sulfide) groups is 1. The number of para-hydroxylation sites is 1. The van der Waals surface area contributed by atoms with E-state index in [4.69, 9.17) is 31.2 Å². The van der Waals surface area contributed by atoms with E-state index in [-0.39, 0.29) is 18.0 Å². The number of hydrogen-bond acceptors (Lipinski definition) is 6. The summed E-state index contributed by atoms with van der Waals surface area (Å²) in [6.45, 7) is 0.583. The van der Waals surface area contributed by atoms with Crippen molar-refractivity contribution < 1.29 is 19.0 Å². The van der Waals surface area contributed by atoms with E-state index in [1.165, 1.54) is 18.9 Å². The number of halogens is 1. The van der Waals surface area contributed by atoms with Gasteiger partial charge in [-0.1, -0.05) is 71.9 Å². The maximum atomic E-state index is 12.8. The molecule has 2 aliphatic heterocycles. The summed E-state index contributed by atoms with van der Waals surface area (Å²) in [5.41, 5.74) is 2.46. The van der Waals surface area contributed by atoms with Crippen LogP contribution in [0.3, 0.4) is 0 Å². The van der Waals surface area contributed by atoms with Crippen LogP contribution in [-0.2, 0) is 4.79 Å². The fourth-order valence-electron chi connectivity index (χ4n) is 3.86. The van der Waals surface area contributed by atoms with Crippen molar-refractivity contribution >= 4 is 52.0 Å². The van der Waals surface area contributed by atoms with Crippen molar-refractivity contribution in [1.29, 1.82) is 5.41 Å². The SMILES string of the molecule is COc1cc(C=C2C(=N)N3C(c4ccccc4)=CSC3=NC2=O)cc(Cl)c1OCCOc1ccccc1. The minimum absolute atomic E-state index is 0.0450. The van der Waals surface area contributed by atoms with Gasteiger partial charge < -0.3 is 14.2 Å². The van der Waals surface area contributed by atoms with Gasteiger partial charge in [0.25, 0.3) is 5.91 Å². The van der Waals surface area contributed by atoms with Gasteiger partial charge in [-0.3, -0.25) is 15.1 Å². The molecule has 3 aromatic rings. The molecular formula is C28H22ClN3O4S. The molecule has 7 nitrogen and oxygen atoms in total. The molecular weight excluding hydrogens is 510 g/mol. The monoisotopic (exact) mass is 531 g/mol. The minimum atomic E-state index is -0.486. The van der Waals surface area contributed by atoms with Crippen molar-refractivity contribution in [1.82, 2.24) is 4.90 Å². The van der Waals surface area contributed by atoms with Crippen molar-refractivity contribution in [3.63, 3.8) is 0 Å². The number of amidine groups is 2. The molecule has 5 rings (SSSR count). The van der Waals surface area contributed by atoms with E-state index in [2.05, 4.69) is 4.99 Å². The van der Waals surface area contributed by atoms with Gasteiger partial charge in [0, 0.05) is 5.41 Å². The number of methoxy groups -OCH3 is 1. The standard InChI is InChI=1S/C28H22ClN3O4S/c1-34-24-16-18(15-22(29)25(24)36-13-12-35-20-10-6-3-7-11-20)14-21-26(30)32-23(19-8-4-2-5-9-19)17-37-28(32)31-27(21)33/h2-11,14-17,30H,12-13H2,1H3. The number of ether oxygens (including phenoxy) is 3. The Morgan fingerprint density at radius 2 is 1.73 bits per heavy atom. The van der Waals surface area contributed by atoms with Gasteiger partial charge in [-0.2, -0.15) is 4.99 Å². The van der Waals surface area contributed by atoms with Crippen molar-refractivity contribution in [3.8, 4) is 17.2 Å². The molecule has 186 valence electrons. The second-order valence-corrected chi connectivity index (χ2v) is 9.22. The van der Waals surface area contributed by atoms with Gasteiger partial charge in [-0.15, -0.1) is 0 Å². The molecule has 0 aliphatic carbocycles. The Bertz CT molecular complexity index is 1440. The molecule has 2 aliphatic rings. The second-order valence-electron chi connectivity index (χ2n) is 7.97. The largest absolute Gasteiger partial charge is 0.493 e. The van der Waals surface area contributed by atoms with Crippen LogP contribution in [0, 0.1) is 5.41 Å². The van der Waals surface area contributed by atoms with Gasteiger partial charge in [-0.25, -0.2) is 0 Å². The molecule has 0 unspecified atom stereocenters. The van der Waals surface area contributed by atoms with E-state index in [0.717, 1.165) is 17.0 Å². The van der Waals surface area contributed by atoms with Crippen LogP contribution in [0.4, 0.5) is 0 Å². The molecule has 9 heteroatoms. The molecule has 0 spiro atoms. The average Bonchev–Trinajstić information content (AvgIpc) is 3.34. The van der Waals surface area contributed by atoms with Gasteiger partial charge in [0.05, 0.1) is 23.4 Å². The zero-order chi connectivity index (χ0) is 25.8. The van der Waals surface area contributed by atoms with Crippen LogP contribution in [0.15, 0.2) is 88.8 Å². The molecule has 0 saturated heterocycles. The third kappa shape index (κ3) is 5.26. The quantitative estimate of drug-likeness (QED) is 0.279. The first kappa shape index (κ1) is 24.7. The van der Waals surface area contributed by atoms with E-state index >= 15 is 0 Å². The van der Waals surface area contributed by atoms with E-state index in [1.54, 1.807) is 23.1 Å². The lowest BCUT2D eigenvalue weighted by Gasteiger charge is -2.27. The normalized spacial score (nSPS) is 15.8. The molecule has 3 aromatic carbocycles. The highest BCUT2D eigenvalue weighted by atomic mass is 35.5.